The summed E-state index contributed by atoms with van der Waals surface area (Å²) in [4.78, 5) is 3.45. The maximum atomic E-state index is 12.7. The molecule has 0 aromatic carbocycles. The summed E-state index contributed by atoms with van der Waals surface area (Å²) < 4.78 is 16.4. The van der Waals surface area contributed by atoms with E-state index < -0.39 is 5.95 Å². The number of nitrogens with zero attached hydrogens (tertiary/aromatic N) is 3. The van der Waals surface area contributed by atoms with Crippen LogP contribution in [-0.2, 0) is 6.54 Å². The molecule has 14 heavy (non-hydrogen) atoms. The summed E-state index contributed by atoms with van der Waals surface area (Å²) >= 11 is 1.29. The van der Waals surface area contributed by atoms with Crippen molar-refractivity contribution in [1.29, 1.82) is 0 Å². The van der Waals surface area contributed by atoms with Gasteiger partial charge in [0.05, 0.1) is 12.2 Å². The van der Waals surface area contributed by atoms with Crippen LogP contribution in [-0.4, -0.2) is 14.6 Å². The monoisotopic (exact) mass is 210 g/mol. The Bertz CT molecular complexity index is 403. The van der Waals surface area contributed by atoms with Crippen molar-refractivity contribution in [2.75, 3.05) is 5.32 Å². The summed E-state index contributed by atoms with van der Waals surface area (Å²) in [6.07, 6.45) is 1.41. The Kier molecular flexibility index (Phi) is 2.64. The third kappa shape index (κ3) is 2.23. The van der Waals surface area contributed by atoms with E-state index in [-0.39, 0.29) is 0 Å². The number of halogens is 1. The predicted octanol–water partition coefficient (Wildman–Crippen LogP) is 1.68. The normalized spacial score (nSPS) is 10.1. The van der Waals surface area contributed by atoms with E-state index in [1.54, 1.807) is 6.07 Å². The van der Waals surface area contributed by atoms with E-state index >= 15 is 0 Å². The van der Waals surface area contributed by atoms with E-state index in [1.165, 1.54) is 23.8 Å². The third-order valence-electron chi connectivity index (χ3n) is 1.61. The van der Waals surface area contributed by atoms with Gasteiger partial charge in [0.15, 0.2) is 0 Å². The van der Waals surface area contributed by atoms with Crippen molar-refractivity contribution in [2.45, 2.75) is 6.54 Å². The van der Waals surface area contributed by atoms with Gasteiger partial charge in [-0.05, 0) is 17.6 Å². The lowest BCUT2D eigenvalue weighted by Crippen LogP contribution is -2.00. The van der Waals surface area contributed by atoms with Gasteiger partial charge in [-0.1, -0.05) is 4.49 Å². The number of hydrogen-bond acceptors (Lipinski definition) is 5. The van der Waals surface area contributed by atoms with Crippen LogP contribution in [0, 0.1) is 5.95 Å². The van der Waals surface area contributed by atoms with Gasteiger partial charge >= 0.3 is 0 Å². The molecular weight excluding hydrogens is 203 g/mol. The molecule has 0 aliphatic carbocycles. The second kappa shape index (κ2) is 4.10. The highest BCUT2D eigenvalue weighted by molar-refractivity contribution is 7.03. The Labute approximate surface area is 84.0 Å². The fourth-order valence-corrected chi connectivity index (χ4v) is 1.42. The van der Waals surface area contributed by atoms with Crippen LogP contribution in [0.15, 0.2) is 23.7 Å². The molecule has 0 amide bonds. The van der Waals surface area contributed by atoms with Gasteiger partial charge in [0.25, 0.3) is 0 Å². The topological polar surface area (TPSA) is 50.7 Å². The Morgan fingerprint density at radius 1 is 1.50 bits per heavy atom. The molecule has 0 bridgehead atoms. The molecule has 4 nitrogen and oxygen atoms in total. The molecular formula is C8H7FN4S. The highest BCUT2D eigenvalue weighted by Crippen LogP contribution is 2.08. The molecule has 2 aromatic heterocycles. The van der Waals surface area contributed by atoms with Crippen molar-refractivity contribution in [3.63, 3.8) is 0 Å². The molecule has 0 saturated heterocycles. The molecule has 0 spiro atoms. The summed E-state index contributed by atoms with van der Waals surface area (Å²) in [7, 11) is 0. The molecule has 2 rings (SSSR count). The van der Waals surface area contributed by atoms with E-state index in [0.29, 0.717) is 12.2 Å². The zero-order valence-corrected chi connectivity index (χ0v) is 7.96. The first-order valence-electron chi connectivity index (χ1n) is 3.96. The summed E-state index contributed by atoms with van der Waals surface area (Å²) in [5.41, 5.74) is 1.53. The lowest BCUT2D eigenvalue weighted by molar-refractivity contribution is 0.584. The third-order valence-corrected chi connectivity index (χ3v) is 2.16. The molecule has 2 aromatic rings. The van der Waals surface area contributed by atoms with Gasteiger partial charge in [-0.3, -0.25) is 0 Å². The smallest absolute Gasteiger partial charge is 0.214 e. The first-order chi connectivity index (χ1) is 6.84. The van der Waals surface area contributed by atoms with Gasteiger partial charge in [0.2, 0.25) is 5.95 Å². The number of nitrogens with one attached hydrogen (secondary N) is 1. The molecule has 0 aliphatic rings. The average molecular weight is 210 g/mol. The lowest BCUT2D eigenvalue weighted by Gasteiger charge is -2.02. The van der Waals surface area contributed by atoms with Crippen LogP contribution >= 0.6 is 11.5 Å². The van der Waals surface area contributed by atoms with E-state index in [0.717, 1.165) is 5.69 Å². The average Bonchev–Trinajstić information content (AvgIpc) is 2.67. The predicted molar refractivity (Wildman–Crippen MR) is 51.4 cm³/mol. The molecule has 0 unspecified atom stereocenters. The van der Waals surface area contributed by atoms with Gasteiger partial charge in [-0.15, -0.1) is 5.10 Å². The maximum absolute atomic E-state index is 12.7. The fraction of sp³-hybridized carbons (Fsp3) is 0.125. The van der Waals surface area contributed by atoms with Crippen molar-refractivity contribution in [3.8, 4) is 0 Å². The summed E-state index contributed by atoms with van der Waals surface area (Å²) in [5.74, 6) is -0.494. The van der Waals surface area contributed by atoms with Crippen LogP contribution in [0.4, 0.5) is 10.1 Å². The fourth-order valence-electron chi connectivity index (χ4n) is 0.966. The second-order valence-corrected chi connectivity index (χ2v) is 3.23. The van der Waals surface area contributed by atoms with Gasteiger partial charge < -0.3 is 5.32 Å². The van der Waals surface area contributed by atoms with Gasteiger partial charge in [-0.25, -0.2) is 4.98 Å². The van der Waals surface area contributed by atoms with Crippen molar-refractivity contribution >= 4 is 17.2 Å². The minimum absolute atomic E-state index is 0.494. The van der Waals surface area contributed by atoms with Crippen molar-refractivity contribution in [3.05, 3.63) is 35.4 Å². The van der Waals surface area contributed by atoms with Crippen LogP contribution in [0.5, 0.6) is 0 Å². The first-order valence-corrected chi connectivity index (χ1v) is 4.79. The molecule has 0 fully saturated rings. The van der Waals surface area contributed by atoms with E-state index in [9.17, 15) is 4.39 Å². The number of rotatable bonds is 3. The van der Waals surface area contributed by atoms with Gasteiger partial charge in [0.1, 0.15) is 0 Å². The standard InChI is InChI=1S/C8H7FN4S/c9-8-3-6(1-2-10-8)11-4-7-5-14-13-12-7/h1-3,5H,4H2,(H,10,11). The number of anilines is 1. The number of pyridine rings is 1. The molecule has 1 N–H and O–H groups in total. The Morgan fingerprint density at radius 3 is 3.14 bits per heavy atom. The van der Waals surface area contributed by atoms with Crippen LogP contribution < -0.4 is 5.32 Å². The highest BCUT2D eigenvalue weighted by atomic mass is 32.1. The largest absolute Gasteiger partial charge is 0.379 e. The zero-order chi connectivity index (χ0) is 9.80. The van der Waals surface area contributed by atoms with Crippen molar-refractivity contribution in [1.82, 2.24) is 14.6 Å². The maximum Gasteiger partial charge on any atom is 0.214 e. The molecule has 0 saturated carbocycles. The summed E-state index contributed by atoms with van der Waals surface area (Å²) in [6.45, 7) is 0.542. The van der Waals surface area contributed by atoms with Gasteiger partial charge in [0, 0.05) is 23.3 Å². The van der Waals surface area contributed by atoms with Crippen molar-refractivity contribution in [2.24, 2.45) is 0 Å². The Balaban J connectivity index is 1.98. The minimum Gasteiger partial charge on any atom is -0.379 e. The summed E-state index contributed by atoms with van der Waals surface area (Å²) in [5, 5.41) is 8.70. The summed E-state index contributed by atoms with van der Waals surface area (Å²) in [6, 6.07) is 3.03. The van der Waals surface area contributed by atoms with E-state index in [1.807, 2.05) is 5.38 Å². The molecule has 0 aliphatic heterocycles. The first kappa shape index (κ1) is 9.01. The number of hydrogen-bond donors (Lipinski definition) is 1. The quantitative estimate of drug-likeness (QED) is 0.783. The lowest BCUT2D eigenvalue weighted by atomic mass is 10.4. The Morgan fingerprint density at radius 2 is 2.43 bits per heavy atom. The van der Waals surface area contributed by atoms with E-state index in [4.69, 9.17) is 0 Å². The molecule has 0 atom stereocenters. The van der Waals surface area contributed by atoms with Crippen LogP contribution in [0.2, 0.25) is 0 Å². The van der Waals surface area contributed by atoms with Crippen molar-refractivity contribution < 1.29 is 4.39 Å². The molecule has 6 heteroatoms. The zero-order valence-electron chi connectivity index (χ0n) is 7.14. The van der Waals surface area contributed by atoms with E-state index in [2.05, 4.69) is 19.9 Å². The van der Waals surface area contributed by atoms with Crippen LogP contribution in [0.1, 0.15) is 5.69 Å². The Hall–Kier alpha value is -1.56. The van der Waals surface area contributed by atoms with Gasteiger partial charge in [-0.2, -0.15) is 4.39 Å². The minimum atomic E-state index is -0.494. The highest BCUT2D eigenvalue weighted by Gasteiger charge is 1.97. The second-order valence-electron chi connectivity index (χ2n) is 2.62. The SMILES string of the molecule is Fc1cc(NCc2csnn2)ccn1. The van der Waals surface area contributed by atoms with Crippen LogP contribution in [0.25, 0.3) is 0 Å². The molecule has 2 heterocycles. The number of aromatic nitrogens is 3. The van der Waals surface area contributed by atoms with Crippen LogP contribution in [0.3, 0.4) is 0 Å². The molecule has 0 radical (unpaired) electrons. The molecule has 72 valence electrons.